The van der Waals surface area contributed by atoms with E-state index in [4.69, 9.17) is 0 Å². The first-order valence-electron chi connectivity index (χ1n) is 7.04. The Labute approximate surface area is 146 Å². The van der Waals surface area contributed by atoms with Crippen LogP contribution in [0.1, 0.15) is 34.1 Å². The van der Waals surface area contributed by atoms with E-state index in [0.717, 1.165) is 0 Å². The summed E-state index contributed by atoms with van der Waals surface area (Å²) in [5.41, 5.74) is -3.23. The van der Waals surface area contributed by atoms with E-state index in [1.54, 1.807) is 0 Å². The molecule has 0 aromatic rings. The summed E-state index contributed by atoms with van der Waals surface area (Å²) in [6.45, 7) is 3.33. The molecule has 0 radical (unpaired) electrons. The standard InChI is InChI=1S/C11H22N2O10S2/c1-10(2,12(14)15)8-22-24(18,19)6-5-7-25(20,21)23-9-11(3,4)13(16)17/h5-9H2,1-4H3. The Morgan fingerprint density at radius 2 is 1.04 bits per heavy atom. The van der Waals surface area contributed by atoms with Crippen molar-refractivity contribution in [1.29, 1.82) is 0 Å². The van der Waals surface area contributed by atoms with E-state index in [2.05, 4.69) is 8.37 Å². The Morgan fingerprint density at radius 3 is 1.28 bits per heavy atom. The Kier molecular flexibility index (Phi) is 7.87. The van der Waals surface area contributed by atoms with E-state index >= 15 is 0 Å². The van der Waals surface area contributed by atoms with Crippen molar-refractivity contribution < 1.29 is 35.0 Å². The minimum Gasteiger partial charge on any atom is -0.264 e. The maximum Gasteiger partial charge on any atom is 0.267 e. The third-order valence-electron chi connectivity index (χ3n) is 2.96. The number of hydrogen-bond acceptors (Lipinski definition) is 10. The summed E-state index contributed by atoms with van der Waals surface area (Å²) in [6.07, 6.45) is -0.386. The van der Waals surface area contributed by atoms with Crippen molar-refractivity contribution in [2.24, 2.45) is 0 Å². The predicted molar refractivity (Wildman–Crippen MR) is 86.2 cm³/mol. The molecule has 14 heteroatoms. The molecule has 0 aromatic heterocycles. The Bertz CT molecular complexity index is 636. The lowest BCUT2D eigenvalue weighted by molar-refractivity contribution is -0.562. The molecule has 0 fully saturated rings. The molecule has 12 nitrogen and oxygen atoms in total. The molecule has 25 heavy (non-hydrogen) atoms. The van der Waals surface area contributed by atoms with Gasteiger partial charge in [0.15, 0.2) is 0 Å². The van der Waals surface area contributed by atoms with E-state index in [9.17, 15) is 37.1 Å². The minimum atomic E-state index is -4.16. The molecule has 0 aliphatic carbocycles. The summed E-state index contributed by atoms with van der Waals surface area (Å²) in [7, 11) is -8.32. The van der Waals surface area contributed by atoms with Gasteiger partial charge in [-0.2, -0.15) is 16.8 Å². The molecule has 0 aliphatic rings. The second kappa shape index (κ2) is 8.33. The summed E-state index contributed by atoms with van der Waals surface area (Å²) < 4.78 is 55.5. The zero-order valence-electron chi connectivity index (χ0n) is 14.3. The summed E-state index contributed by atoms with van der Waals surface area (Å²) >= 11 is 0. The second-order valence-electron chi connectivity index (χ2n) is 6.54. The average Bonchev–Trinajstić information content (AvgIpc) is 2.43. The summed E-state index contributed by atoms with van der Waals surface area (Å²) in [6, 6.07) is 0. The van der Waals surface area contributed by atoms with Crippen molar-refractivity contribution in [3.8, 4) is 0 Å². The lowest BCUT2D eigenvalue weighted by atomic mass is 10.1. The van der Waals surface area contributed by atoms with Gasteiger partial charge in [-0.05, 0) is 6.42 Å². The lowest BCUT2D eigenvalue weighted by Crippen LogP contribution is -2.38. The van der Waals surface area contributed by atoms with Gasteiger partial charge >= 0.3 is 0 Å². The second-order valence-corrected chi connectivity index (χ2v) is 10.1. The molecule has 0 amide bonds. The van der Waals surface area contributed by atoms with E-state index in [1.807, 2.05) is 0 Å². The van der Waals surface area contributed by atoms with Crippen LogP contribution in [0, 0.1) is 20.2 Å². The van der Waals surface area contributed by atoms with Gasteiger partial charge in [0, 0.05) is 37.5 Å². The van der Waals surface area contributed by atoms with Gasteiger partial charge in [-0.25, -0.2) is 0 Å². The van der Waals surface area contributed by atoms with Crippen LogP contribution in [0.15, 0.2) is 0 Å². The highest BCUT2D eigenvalue weighted by Crippen LogP contribution is 2.13. The maximum atomic E-state index is 11.6. The molecule has 0 aromatic carbocycles. The van der Waals surface area contributed by atoms with Crippen LogP contribution in [-0.4, -0.2) is 62.5 Å². The van der Waals surface area contributed by atoms with Crippen molar-refractivity contribution in [1.82, 2.24) is 0 Å². The Morgan fingerprint density at radius 1 is 0.760 bits per heavy atom. The van der Waals surface area contributed by atoms with Gasteiger partial charge in [0.05, 0.1) is 11.5 Å². The fourth-order valence-electron chi connectivity index (χ4n) is 1.10. The largest absolute Gasteiger partial charge is 0.267 e. The molecule has 0 atom stereocenters. The molecular weight excluding hydrogens is 384 g/mol. The van der Waals surface area contributed by atoms with Gasteiger partial charge in [-0.1, -0.05) is 0 Å². The first-order valence-corrected chi connectivity index (χ1v) is 10.2. The molecule has 0 spiro atoms. The maximum absolute atomic E-state index is 11.6. The first-order chi connectivity index (χ1) is 11.0. The van der Waals surface area contributed by atoms with Gasteiger partial charge in [-0.3, -0.25) is 28.6 Å². The van der Waals surface area contributed by atoms with Crippen LogP contribution in [0.3, 0.4) is 0 Å². The van der Waals surface area contributed by atoms with Gasteiger partial charge < -0.3 is 0 Å². The van der Waals surface area contributed by atoms with Crippen LogP contribution < -0.4 is 0 Å². The van der Waals surface area contributed by atoms with Gasteiger partial charge in [0.2, 0.25) is 11.1 Å². The number of nitrogens with zero attached hydrogens (tertiary/aromatic N) is 2. The zero-order chi connectivity index (χ0) is 20.1. The van der Waals surface area contributed by atoms with Crippen molar-refractivity contribution in [2.45, 2.75) is 45.2 Å². The molecule has 0 saturated carbocycles. The molecule has 0 saturated heterocycles. The summed E-state index contributed by atoms with van der Waals surface area (Å²) in [5, 5.41) is 21.3. The molecule has 0 N–H and O–H groups in total. The normalized spacial score (nSPS) is 13.6. The van der Waals surface area contributed by atoms with Crippen molar-refractivity contribution >= 4 is 20.2 Å². The molecule has 0 unspecified atom stereocenters. The van der Waals surface area contributed by atoms with Crippen molar-refractivity contribution in [3.05, 3.63) is 20.2 Å². The number of nitro groups is 2. The SMILES string of the molecule is CC(C)(COS(=O)(=O)CCCS(=O)(=O)OCC(C)(C)[N+](=O)[O-])[N+](=O)[O-]. The highest BCUT2D eigenvalue weighted by Gasteiger charge is 2.34. The molecule has 0 heterocycles. The summed E-state index contributed by atoms with van der Waals surface area (Å²) in [5.74, 6) is -1.38. The number of hydrogen-bond donors (Lipinski definition) is 0. The monoisotopic (exact) mass is 406 g/mol. The van der Waals surface area contributed by atoms with E-state index < -0.39 is 65.9 Å². The first kappa shape index (κ1) is 23.6. The fraction of sp³-hybridized carbons (Fsp3) is 1.00. The topological polar surface area (TPSA) is 173 Å². The van der Waals surface area contributed by atoms with Crippen LogP contribution in [0.25, 0.3) is 0 Å². The average molecular weight is 406 g/mol. The zero-order valence-corrected chi connectivity index (χ0v) is 16.0. The van der Waals surface area contributed by atoms with Crippen LogP contribution in [0.5, 0.6) is 0 Å². The van der Waals surface area contributed by atoms with Crippen LogP contribution in [0.2, 0.25) is 0 Å². The summed E-state index contributed by atoms with van der Waals surface area (Å²) in [4.78, 5) is 19.9. The van der Waals surface area contributed by atoms with Gasteiger partial charge in [0.1, 0.15) is 13.2 Å². The van der Waals surface area contributed by atoms with E-state index in [1.165, 1.54) is 27.7 Å². The van der Waals surface area contributed by atoms with Crippen molar-refractivity contribution in [2.75, 3.05) is 24.7 Å². The Balaban J connectivity index is 4.49. The van der Waals surface area contributed by atoms with Gasteiger partial charge in [-0.15, -0.1) is 0 Å². The van der Waals surface area contributed by atoms with Crippen molar-refractivity contribution in [3.63, 3.8) is 0 Å². The third-order valence-corrected chi connectivity index (χ3v) is 5.49. The van der Waals surface area contributed by atoms with Crippen LogP contribution in [0.4, 0.5) is 0 Å². The van der Waals surface area contributed by atoms with Crippen LogP contribution >= 0.6 is 0 Å². The van der Waals surface area contributed by atoms with E-state index in [-0.39, 0.29) is 6.42 Å². The minimum absolute atomic E-state index is 0.386. The highest BCUT2D eigenvalue weighted by molar-refractivity contribution is 7.87. The van der Waals surface area contributed by atoms with E-state index in [0.29, 0.717) is 0 Å². The van der Waals surface area contributed by atoms with Crippen LogP contribution in [-0.2, 0) is 28.6 Å². The molecule has 0 bridgehead atoms. The lowest BCUT2D eigenvalue weighted by Gasteiger charge is -2.16. The van der Waals surface area contributed by atoms with Gasteiger partial charge in [0.25, 0.3) is 20.2 Å². The molecular formula is C11H22N2O10S2. The Hall–Kier alpha value is -1.38. The molecule has 0 aliphatic heterocycles. The quantitative estimate of drug-likeness (QED) is 0.247. The molecule has 0 rings (SSSR count). The highest BCUT2D eigenvalue weighted by atomic mass is 32.2. The third kappa shape index (κ3) is 9.04. The predicted octanol–water partition coefficient (Wildman–Crippen LogP) is 0.180. The fourth-order valence-corrected chi connectivity index (χ4v) is 3.45. The smallest absolute Gasteiger partial charge is 0.264 e. The number of rotatable bonds is 12. The molecule has 148 valence electrons.